The molecule has 0 saturated heterocycles. The Hall–Kier alpha value is -2.33. The van der Waals surface area contributed by atoms with Gasteiger partial charge in [0.25, 0.3) is 0 Å². The van der Waals surface area contributed by atoms with Gasteiger partial charge in [-0.15, -0.1) is 0 Å². The molecule has 0 aromatic heterocycles. The van der Waals surface area contributed by atoms with Crippen molar-refractivity contribution in [2.24, 2.45) is 11.7 Å². The smallest absolute Gasteiger partial charge is 0.244 e. The molecule has 1 aliphatic carbocycles. The summed E-state index contributed by atoms with van der Waals surface area (Å²) in [6, 6.07) is 13.8. The molecule has 1 saturated carbocycles. The minimum atomic E-state index is -0.437. The van der Waals surface area contributed by atoms with Crippen LogP contribution in [0.2, 0.25) is 0 Å². The fourth-order valence-corrected chi connectivity index (χ4v) is 4.78. The zero-order valence-electron chi connectivity index (χ0n) is 16.0. The molecule has 1 unspecified atom stereocenters. The first-order chi connectivity index (χ1) is 13.1. The maximum Gasteiger partial charge on any atom is 0.244 e. The number of carbonyl (C=O) groups excluding carboxylic acids is 1. The first-order valence-electron chi connectivity index (χ1n) is 10.1. The quantitative estimate of drug-likeness (QED) is 0.782. The molecule has 2 atom stereocenters. The lowest BCUT2D eigenvalue weighted by Gasteiger charge is -2.32. The molecule has 2 aromatic rings. The number of nitrogens with two attached hydrogens (primary N) is 2. The summed E-state index contributed by atoms with van der Waals surface area (Å²) in [5.41, 5.74) is 17.8. The highest BCUT2D eigenvalue weighted by Crippen LogP contribution is 2.43. The Labute approximate surface area is 161 Å². The van der Waals surface area contributed by atoms with Crippen LogP contribution >= 0.6 is 0 Å². The molecule has 27 heavy (non-hydrogen) atoms. The molecule has 2 aromatic carbocycles. The van der Waals surface area contributed by atoms with Crippen LogP contribution < -0.4 is 16.4 Å². The van der Waals surface area contributed by atoms with Gasteiger partial charge in [0, 0.05) is 17.8 Å². The fraction of sp³-hybridized carbons (Fsp3) is 0.435. The van der Waals surface area contributed by atoms with Crippen molar-refractivity contribution in [1.29, 1.82) is 0 Å². The van der Waals surface area contributed by atoms with E-state index in [0.717, 1.165) is 29.7 Å². The largest absolute Gasteiger partial charge is 0.398 e. The summed E-state index contributed by atoms with van der Waals surface area (Å²) in [4.78, 5) is 15.4. The summed E-state index contributed by atoms with van der Waals surface area (Å²) < 4.78 is 0. The van der Waals surface area contributed by atoms with Crippen molar-refractivity contribution in [3.8, 4) is 11.1 Å². The summed E-state index contributed by atoms with van der Waals surface area (Å²) in [5.74, 6) is 0.542. The van der Waals surface area contributed by atoms with E-state index < -0.39 is 6.04 Å². The van der Waals surface area contributed by atoms with Gasteiger partial charge in [-0.3, -0.25) is 4.79 Å². The molecule has 4 heteroatoms. The standard InChI is InChI=1S/C23H29N3O/c1-15-14-26(23(27)22(25)16-8-3-2-4-9-16)20-13-7-12-19(24)21(20)18-11-6-5-10-17(15)18/h5-7,10-13,15-16,22H,2-4,8-9,14,24-25H2,1H3/t15?,22-/m0/s1. The third-order valence-electron chi connectivity index (χ3n) is 6.29. The highest BCUT2D eigenvalue weighted by atomic mass is 16.2. The zero-order valence-corrected chi connectivity index (χ0v) is 16.0. The summed E-state index contributed by atoms with van der Waals surface area (Å²) in [6.45, 7) is 2.81. The van der Waals surface area contributed by atoms with E-state index in [-0.39, 0.29) is 17.7 Å². The second kappa shape index (κ2) is 7.35. The summed E-state index contributed by atoms with van der Waals surface area (Å²) in [7, 11) is 0. The molecule has 1 amide bonds. The van der Waals surface area contributed by atoms with Crippen molar-refractivity contribution in [1.82, 2.24) is 0 Å². The van der Waals surface area contributed by atoms with Crippen LogP contribution in [0.1, 0.15) is 50.5 Å². The second-order valence-electron chi connectivity index (χ2n) is 8.10. The molecule has 4 N–H and O–H groups in total. The molecule has 1 fully saturated rings. The van der Waals surface area contributed by atoms with E-state index in [9.17, 15) is 4.79 Å². The van der Waals surface area contributed by atoms with Crippen LogP contribution in [0.4, 0.5) is 11.4 Å². The van der Waals surface area contributed by atoms with Crippen LogP contribution in [-0.4, -0.2) is 18.5 Å². The molecule has 0 spiro atoms. The van der Waals surface area contributed by atoms with Crippen LogP contribution in [0.5, 0.6) is 0 Å². The maximum absolute atomic E-state index is 13.5. The number of rotatable bonds is 2. The molecule has 0 bridgehead atoms. The molecule has 142 valence electrons. The van der Waals surface area contributed by atoms with Crippen LogP contribution in [0.3, 0.4) is 0 Å². The molecular weight excluding hydrogens is 334 g/mol. The zero-order chi connectivity index (χ0) is 19.0. The monoisotopic (exact) mass is 363 g/mol. The second-order valence-corrected chi connectivity index (χ2v) is 8.10. The van der Waals surface area contributed by atoms with E-state index in [2.05, 4.69) is 25.1 Å². The van der Waals surface area contributed by atoms with Gasteiger partial charge in [-0.25, -0.2) is 0 Å². The SMILES string of the molecule is CC1CN(C(=O)[C@@H](N)C2CCCCC2)c2cccc(N)c2-c2ccccc21. The van der Waals surface area contributed by atoms with Crippen LogP contribution in [0.15, 0.2) is 42.5 Å². The van der Waals surface area contributed by atoms with Gasteiger partial charge >= 0.3 is 0 Å². The molecule has 4 nitrogen and oxygen atoms in total. The Morgan fingerprint density at radius 3 is 2.59 bits per heavy atom. The Balaban J connectivity index is 1.77. The van der Waals surface area contributed by atoms with Gasteiger partial charge in [-0.2, -0.15) is 0 Å². The number of fused-ring (bicyclic) bond motifs is 3. The Morgan fingerprint density at radius 2 is 1.81 bits per heavy atom. The number of benzene rings is 2. The number of hydrogen-bond acceptors (Lipinski definition) is 3. The molecule has 4 rings (SSSR count). The predicted octanol–water partition coefficient (Wildman–Crippen LogP) is 4.29. The topological polar surface area (TPSA) is 72.3 Å². The van der Waals surface area contributed by atoms with Crippen molar-refractivity contribution in [2.75, 3.05) is 17.2 Å². The molecule has 1 aliphatic heterocycles. The first-order valence-corrected chi connectivity index (χ1v) is 10.1. The molecule has 0 radical (unpaired) electrons. The van der Waals surface area contributed by atoms with Crippen molar-refractivity contribution in [3.05, 3.63) is 48.0 Å². The molecule has 2 aliphatic rings. The lowest BCUT2D eigenvalue weighted by atomic mass is 9.83. The number of carbonyl (C=O) groups is 1. The lowest BCUT2D eigenvalue weighted by Crippen LogP contribution is -2.49. The van der Waals surface area contributed by atoms with Crippen molar-refractivity contribution < 1.29 is 4.79 Å². The average Bonchev–Trinajstić information content (AvgIpc) is 2.83. The summed E-state index contributed by atoms with van der Waals surface area (Å²) >= 11 is 0. The van der Waals surface area contributed by atoms with Crippen molar-refractivity contribution >= 4 is 17.3 Å². The summed E-state index contributed by atoms with van der Waals surface area (Å²) in [5, 5.41) is 0. The number of anilines is 2. The average molecular weight is 364 g/mol. The van der Waals surface area contributed by atoms with Crippen LogP contribution in [-0.2, 0) is 4.79 Å². The Morgan fingerprint density at radius 1 is 1.07 bits per heavy atom. The van der Waals surface area contributed by atoms with Gasteiger partial charge in [0.1, 0.15) is 0 Å². The minimum Gasteiger partial charge on any atom is -0.398 e. The fourth-order valence-electron chi connectivity index (χ4n) is 4.78. The number of nitrogens with zero attached hydrogens (tertiary/aromatic N) is 1. The normalized spacial score (nSPS) is 21.1. The van der Waals surface area contributed by atoms with Gasteiger partial charge in [0.05, 0.1) is 11.7 Å². The van der Waals surface area contributed by atoms with Crippen LogP contribution in [0, 0.1) is 5.92 Å². The highest BCUT2D eigenvalue weighted by molar-refractivity contribution is 6.04. The molecule has 1 heterocycles. The van der Waals surface area contributed by atoms with Gasteiger partial charge in [0.15, 0.2) is 0 Å². The number of hydrogen-bond donors (Lipinski definition) is 2. The van der Waals surface area contributed by atoms with E-state index in [1.165, 1.54) is 24.8 Å². The van der Waals surface area contributed by atoms with Gasteiger partial charge in [-0.05, 0) is 47.9 Å². The van der Waals surface area contributed by atoms with Crippen LogP contribution in [0.25, 0.3) is 11.1 Å². The summed E-state index contributed by atoms with van der Waals surface area (Å²) in [6.07, 6.45) is 5.72. The van der Waals surface area contributed by atoms with E-state index in [1.54, 1.807) is 0 Å². The van der Waals surface area contributed by atoms with E-state index in [4.69, 9.17) is 11.5 Å². The van der Waals surface area contributed by atoms with E-state index >= 15 is 0 Å². The van der Waals surface area contributed by atoms with Gasteiger partial charge in [0.2, 0.25) is 5.91 Å². The molecular formula is C23H29N3O. The highest BCUT2D eigenvalue weighted by Gasteiger charge is 2.34. The number of amides is 1. The first kappa shape index (κ1) is 18.1. The van der Waals surface area contributed by atoms with Crippen molar-refractivity contribution in [2.45, 2.75) is 51.0 Å². The van der Waals surface area contributed by atoms with Crippen molar-refractivity contribution in [3.63, 3.8) is 0 Å². The lowest BCUT2D eigenvalue weighted by molar-refractivity contribution is -0.121. The van der Waals surface area contributed by atoms with Gasteiger partial charge in [-0.1, -0.05) is 56.5 Å². The third kappa shape index (κ3) is 3.23. The van der Waals surface area contributed by atoms with Gasteiger partial charge < -0.3 is 16.4 Å². The maximum atomic E-state index is 13.5. The Bertz CT molecular complexity index is 841. The van der Waals surface area contributed by atoms with E-state index in [0.29, 0.717) is 12.2 Å². The Kier molecular flexibility index (Phi) is 4.92. The minimum absolute atomic E-state index is 0.0356. The third-order valence-corrected chi connectivity index (χ3v) is 6.29. The number of nitrogen functional groups attached to an aromatic ring is 1. The predicted molar refractivity (Wildman–Crippen MR) is 112 cm³/mol. The van der Waals surface area contributed by atoms with E-state index in [1.807, 2.05) is 29.2 Å².